The molecule has 4 atom stereocenters. The topological polar surface area (TPSA) is 175 Å². The molecule has 0 aliphatic carbocycles. The van der Waals surface area contributed by atoms with Crippen LogP contribution in [0.3, 0.4) is 0 Å². The van der Waals surface area contributed by atoms with Crippen molar-refractivity contribution in [2.45, 2.75) is 129 Å². The number of nitrogens with zero attached hydrogens (tertiary/aromatic N) is 2. The number of rotatable bonds is 18. The van der Waals surface area contributed by atoms with Crippen molar-refractivity contribution < 1.29 is 57.2 Å². The minimum absolute atomic E-state index is 0.0694. The quantitative estimate of drug-likeness (QED) is 0.0576. The maximum atomic E-state index is 14.1. The van der Waals surface area contributed by atoms with Gasteiger partial charge in [-0.3, -0.25) is 19.2 Å². The highest BCUT2D eigenvalue weighted by Gasteiger charge is 2.51. The molecule has 4 aromatic carbocycles. The van der Waals surface area contributed by atoms with Crippen molar-refractivity contribution in [3.63, 3.8) is 0 Å². The molecule has 15 heteroatoms. The lowest BCUT2D eigenvalue weighted by Crippen LogP contribution is -2.66. The Hall–Kier alpha value is -6.16. The first kappa shape index (κ1) is 55.8. The van der Waals surface area contributed by atoms with Crippen molar-refractivity contribution in [1.29, 1.82) is 0 Å². The van der Waals surface area contributed by atoms with Gasteiger partial charge >= 0.3 is 24.1 Å². The molecule has 2 aliphatic rings. The van der Waals surface area contributed by atoms with Crippen molar-refractivity contribution >= 4 is 54.6 Å². The highest BCUT2D eigenvalue weighted by Crippen LogP contribution is 2.37. The Morgan fingerprint density at radius 3 is 1.27 bits per heavy atom. The van der Waals surface area contributed by atoms with E-state index in [1.54, 1.807) is 41.5 Å². The van der Waals surface area contributed by atoms with Crippen molar-refractivity contribution in [3.05, 3.63) is 132 Å². The summed E-state index contributed by atoms with van der Waals surface area (Å²) in [6, 6.07) is 38.8. The minimum atomic E-state index is -2.87. The summed E-state index contributed by atoms with van der Waals surface area (Å²) in [6.07, 6.45) is -0.511. The van der Waals surface area contributed by atoms with Crippen molar-refractivity contribution in [1.82, 2.24) is 9.80 Å². The largest absolute Gasteiger partial charge is 0.460 e. The van der Waals surface area contributed by atoms with Crippen LogP contribution in [0.1, 0.15) is 99.1 Å². The Kier molecular flexibility index (Phi) is 19.5. The Bertz CT molecular complexity index is 2340. The highest BCUT2D eigenvalue weighted by atomic mass is 28.4. The number of carbonyl (C=O) groups is 6. The molecule has 2 saturated heterocycles. The molecule has 71 heavy (non-hydrogen) atoms. The first-order valence-electron chi connectivity index (χ1n) is 24.4. The second-order valence-electron chi connectivity index (χ2n) is 21.0. The van der Waals surface area contributed by atoms with Gasteiger partial charge in [-0.05, 0) is 93.8 Å². The fourth-order valence-electron chi connectivity index (χ4n) is 8.99. The Morgan fingerprint density at radius 2 is 0.930 bits per heavy atom. The molecule has 2 heterocycles. The van der Waals surface area contributed by atoms with E-state index in [-0.39, 0.29) is 57.1 Å². The molecule has 6 rings (SSSR count). The molecule has 4 aromatic rings. The number of carbonyl (C=O) groups excluding carboxylic acids is 6. The van der Waals surface area contributed by atoms with E-state index < -0.39 is 79.4 Å². The van der Waals surface area contributed by atoms with Gasteiger partial charge in [0.2, 0.25) is 11.8 Å². The van der Waals surface area contributed by atoms with Gasteiger partial charge in [-0.2, -0.15) is 0 Å². The van der Waals surface area contributed by atoms with E-state index in [0.29, 0.717) is 12.8 Å². The van der Waals surface area contributed by atoms with E-state index >= 15 is 0 Å². The maximum Gasteiger partial charge on any atom is 0.416 e. The maximum absolute atomic E-state index is 14.1. The lowest BCUT2D eigenvalue weighted by molar-refractivity contribution is -0.159. The van der Waals surface area contributed by atoms with Crippen molar-refractivity contribution in [3.8, 4) is 0 Å². The summed E-state index contributed by atoms with van der Waals surface area (Å²) in [4.78, 5) is 79.6. The number of cyclic esters (lactones) is 2. The fourth-order valence-corrected chi connectivity index (χ4v) is 13.6. The van der Waals surface area contributed by atoms with Crippen molar-refractivity contribution in [2.75, 3.05) is 26.4 Å². The molecule has 0 radical (unpaired) electrons. The van der Waals surface area contributed by atoms with E-state index in [9.17, 15) is 33.9 Å². The summed E-state index contributed by atoms with van der Waals surface area (Å²) in [5.41, 5.74) is 0.585. The Balaban J connectivity index is 0.000000297. The van der Waals surface area contributed by atoms with Gasteiger partial charge in [-0.1, -0.05) is 142 Å². The molecule has 14 nitrogen and oxygen atoms in total. The van der Waals surface area contributed by atoms with Crippen LogP contribution in [0.4, 0.5) is 9.59 Å². The second-order valence-corrected chi connectivity index (χ2v) is 25.4. The van der Waals surface area contributed by atoms with Crippen LogP contribution in [0, 0.1) is 11.8 Å². The third-order valence-electron chi connectivity index (χ3n) is 12.1. The number of esters is 2. The van der Waals surface area contributed by atoms with Gasteiger partial charge < -0.3 is 28.5 Å². The van der Waals surface area contributed by atoms with Crippen LogP contribution in [0.2, 0.25) is 5.04 Å². The minimum Gasteiger partial charge on any atom is -0.460 e. The number of hydrogen-bond donors (Lipinski definition) is 1. The van der Waals surface area contributed by atoms with Crippen LogP contribution >= 0.6 is 0 Å². The molecular formula is C56H72N2O12Si. The fraction of sp³-hybridized carbons (Fsp3) is 0.464. The van der Waals surface area contributed by atoms with Crippen LogP contribution in [0.25, 0.3) is 0 Å². The van der Waals surface area contributed by atoms with Gasteiger partial charge in [-0.25, -0.2) is 19.4 Å². The lowest BCUT2D eigenvalue weighted by Gasteiger charge is -2.43. The van der Waals surface area contributed by atoms with Crippen LogP contribution in [-0.2, 0) is 55.4 Å². The van der Waals surface area contributed by atoms with Gasteiger partial charge in [0.1, 0.15) is 24.4 Å². The molecule has 2 unspecified atom stereocenters. The molecule has 2 aliphatic heterocycles. The van der Waals surface area contributed by atoms with Crippen LogP contribution in [-0.4, -0.2) is 109 Å². The number of imide groups is 2. The number of aliphatic hydroxyl groups is 1. The summed E-state index contributed by atoms with van der Waals surface area (Å²) >= 11 is 0. The zero-order valence-corrected chi connectivity index (χ0v) is 43.8. The van der Waals surface area contributed by atoms with Crippen molar-refractivity contribution in [2.24, 2.45) is 11.8 Å². The average molecular weight is 993 g/mol. The molecule has 0 saturated carbocycles. The number of ether oxygens (including phenoxy) is 4. The van der Waals surface area contributed by atoms with Crippen LogP contribution < -0.4 is 10.4 Å². The average Bonchev–Trinajstić information content (AvgIpc) is 3.86. The Morgan fingerprint density at radius 1 is 0.577 bits per heavy atom. The lowest BCUT2D eigenvalue weighted by atomic mass is 9.98. The van der Waals surface area contributed by atoms with Crippen LogP contribution in [0.15, 0.2) is 121 Å². The number of hydrogen-bond acceptors (Lipinski definition) is 12. The molecule has 0 bridgehead atoms. The van der Waals surface area contributed by atoms with E-state index in [1.165, 1.54) is 4.90 Å². The molecule has 2 fully saturated rings. The van der Waals surface area contributed by atoms with Crippen LogP contribution in [0.5, 0.6) is 0 Å². The van der Waals surface area contributed by atoms with Gasteiger partial charge in [0.15, 0.2) is 0 Å². The summed E-state index contributed by atoms with van der Waals surface area (Å²) < 4.78 is 28.3. The molecule has 382 valence electrons. The molecular weight excluding hydrogens is 921 g/mol. The normalized spacial score (nSPS) is 17.0. The zero-order chi connectivity index (χ0) is 52.0. The third kappa shape index (κ3) is 15.7. The molecule has 0 spiro atoms. The number of benzene rings is 4. The monoisotopic (exact) mass is 992 g/mol. The summed E-state index contributed by atoms with van der Waals surface area (Å²) in [5, 5.41) is 11.3. The zero-order valence-electron chi connectivity index (χ0n) is 42.8. The van der Waals surface area contributed by atoms with E-state index in [1.807, 2.05) is 97.1 Å². The summed E-state index contributed by atoms with van der Waals surface area (Å²) in [5.74, 6) is -3.65. The standard InChI is InChI=1S/C36H45NO6Si.C20H27NO6/c1-35(2,3)43-32(38)25-28(33(39)37-29(26-41-34(37)40)24-27-16-10-7-11-17-27)22-23-42-44(36(4,5)6,30-18-12-8-13-19-30)31-20-14-9-15-21-31;1-20(2,3)27-17(23)12-15(9-10-22)18(24)21-16(13-26-19(21)25)11-14-7-5-4-6-8-14/h7-21,28-29H,22-26H2,1-6H3;4-8,15-16,22H,9-13H2,1-3H3/t28?,29-;15?,16-/m00/s1. The highest BCUT2D eigenvalue weighted by molar-refractivity contribution is 6.99. The van der Waals surface area contributed by atoms with Gasteiger partial charge in [0.25, 0.3) is 8.32 Å². The van der Waals surface area contributed by atoms with E-state index in [0.717, 1.165) is 26.4 Å². The van der Waals surface area contributed by atoms with Gasteiger partial charge in [0, 0.05) is 13.2 Å². The van der Waals surface area contributed by atoms with Gasteiger partial charge in [-0.15, -0.1) is 0 Å². The first-order valence-corrected chi connectivity index (χ1v) is 26.3. The predicted molar refractivity (Wildman–Crippen MR) is 272 cm³/mol. The van der Waals surface area contributed by atoms with Gasteiger partial charge in [0.05, 0.1) is 36.8 Å². The summed E-state index contributed by atoms with van der Waals surface area (Å²) in [7, 11) is -2.87. The Labute approximate surface area is 420 Å². The molecule has 0 aromatic heterocycles. The second kappa shape index (κ2) is 24.8. The SMILES string of the molecule is CC(C)(C)OC(=O)CC(CCO)C(=O)N1C(=O)OC[C@@H]1Cc1ccccc1.CC(C)(C)OC(=O)CC(CCO[Si](c1ccccc1)(c1ccccc1)C(C)(C)C)C(=O)N1C(=O)OC[C@@H]1Cc1ccccc1. The van der Waals surface area contributed by atoms with E-state index in [2.05, 4.69) is 45.0 Å². The molecule has 4 amide bonds. The number of amides is 4. The smallest absolute Gasteiger partial charge is 0.416 e. The molecule has 1 N–H and O–H groups in total. The first-order chi connectivity index (χ1) is 33.5. The number of aliphatic hydroxyl groups excluding tert-OH is 1. The predicted octanol–water partition coefficient (Wildman–Crippen LogP) is 8.20. The summed E-state index contributed by atoms with van der Waals surface area (Å²) in [6.45, 7) is 17.3. The van der Waals surface area contributed by atoms with E-state index in [4.69, 9.17) is 23.4 Å². The third-order valence-corrected chi connectivity index (χ3v) is 17.1.